The van der Waals surface area contributed by atoms with Crippen LogP contribution >= 0.6 is 0 Å². The van der Waals surface area contributed by atoms with Gasteiger partial charge in [-0.3, -0.25) is 9.78 Å². The molecule has 0 aliphatic heterocycles. The van der Waals surface area contributed by atoms with Gasteiger partial charge in [0.05, 0.1) is 19.0 Å². The lowest BCUT2D eigenvalue weighted by atomic mass is 10.2. The maximum Gasteiger partial charge on any atom is 0.183 e. The van der Waals surface area contributed by atoms with Crippen molar-refractivity contribution in [2.24, 2.45) is 0 Å². The van der Waals surface area contributed by atoms with Crippen molar-refractivity contribution >= 4 is 5.78 Å². The molecule has 1 aromatic rings. The minimum Gasteiger partial charge on any atom is -0.494 e. The molecule has 0 unspecified atom stereocenters. The molecule has 4 heteroatoms. The Morgan fingerprint density at radius 1 is 1.69 bits per heavy atom. The van der Waals surface area contributed by atoms with E-state index in [1.807, 2.05) is 0 Å². The van der Waals surface area contributed by atoms with Crippen LogP contribution in [0.5, 0.6) is 5.75 Å². The summed E-state index contributed by atoms with van der Waals surface area (Å²) >= 11 is 0. The predicted molar refractivity (Wildman–Crippen MR) is 45.1 cm³/mol. The monoisotopic (exact) mass is 183 g/mol. The van der Waals surface area contributed by atoms with Crippen LogP contribution in [0.3, 0.4) is 0 Å². The van der Waals surface area contributed by atoms with Gasteiger partial charge in [0.15, 0.2) is 11.6 Å². The summed E-state index contributed by atoms with van der Waals surface area (Å²) in [5, 5.41) is 0. The highest BCUT2D eigenvalue weighted by atomic mass is 19.1. The predicted octanol–water partition coefficient (Wildman–Crippen LogP) is 1.36. The molecule has 70 valence electrons. The van der Waals surface area contributed by atoms with Crippen LogP contribution in [0.25, 0.3) is 0 Å². The number of hydrogen-bond donors (Lipinski definition) is 0. The number of carbonyl (C=O) groups excluding carboxylic acids is 1. The molecule has 0 atom stereocenters. The second-order valence-electron chi connectivity index (χ2n) is 2.69. The van der Waals surface area contributed by atoms with E-state index in [1.165, 1.54) is 20.1 Å². The first-order valence-electron chi connectivity index (χ1n) is 3.81. The first-order valence-corrected chi connectivity index (χ1v) is 3.81. The summed E-state index contributed by atoms with van der Waals surface area (Å²) < 4.78 is 17.6. The minimum atomic E-state index is -0.519. The molecule has 0 fully saturated rings. The number of Topliss-reactive ketones (excluding diaryl/α,β-unsaturated/α-hetero) is 1. The van der Waals surface area contributed by atoms with Crippen molar-refractivity contribution in [3.05, 3.63) is 23.8 Å². The molecule has 1 aromatic heterocycles. The lowest BCUT2D eigenvalue weighted by Gasteiger charge is -2.02. The fraction of sp³-hybridized carbons (Fsp3) is 0.333. The summed E-state index contributed by atoms with van der Waals surface area (Å²) in [6, 6.07) is 1.43. The van der Waals surface area contributed by atoms with Crippen molar-refractivity contribution in [1.82, 2.24) is 4.98 Å². The third-order valence-corrected chi connectivity index (χ3v) is 1.53. The average molecular weight is 183 g/mol. The van der Waals surface area contributed by atoms with Crippen LogP contribution in [0.2, 0.25) is 0 Å². The zero-order valence-electron chi connectivity index (χ0n) is 7.50. The fourth-order valence-electron chi connectivity index (χ4n) is 0.969. The van der Waals surface area contributed by atoms with Crippen LogP contribution in [0.4, 0.5) is 4.39 Å². The largest absolute Gasteiger partial charge is 0.494 e. The lowest BCUT2D eigenvalue weighted by molar-refractivity contribution is -0.116. The van der Waals surface area contributed by atoms with Gasteiger partial charge in [-0.15, -0.1) is 0 Å². The van der Waals surface area contributed by atoms with Gasteiger partial charge in [-0.05, 0) is 6.92 Å². The van der Waals surface area contributed by atoms with Crippen molar-refractivity contribution in [3.8, 4) is 5.75 Å². The Hall–Kier alpha value is -1.45. The van der Waals surface area contributed by atoms with E-state index in [0.717, 1.165) is 6.20 Å². The normalized spacial score (nSPS) is 9.77. The quantitative estimate of drug-likeness (QED) is 0.710. The van der Waals surface area contributed by atoms with E-state index in [2.05, 4.69) is 4.98 Å². The van der Waals surface area contributed by atoms with Gasteiger partial charge in [0.1, 0.15) is 5.78 Å². The van der Waals surface area contributed by atoms with E-state index < -0.39 is 5.82 Å². The maximum absolute atomic E-state index is 12.8. The van der Waals surface area contributed by atoms with Crippen LogP contribution in [0.15, 0.2) is 12.3 Å². The van der Waals surface area contributed by atoms with Gasteiger partial charge in [0.25, 0.3) is 0 Å². The first kappa shape index (κ1) is 9.64. The summed E-state index contributed by atoms with van der Waals surface area (Å²) in [4.78, 5) is 14.5. The van der Waals surface area contributed by atoms with Gasteiger partial charge in [-0.25, -0.2) is 4.39 Å². The van der Waals surface area contributed by atoms with Crippen LogP contribution in [0.1, 0.15) is 12.6 Å². The number of ketones is 1. The second kappa shape index (κ2) is 3.98. The highest BCUT2D eigenvalue weighted by Crippen LogP contribution is 2.16. The molecule has 1 heterocycles. The Labute approximate surface area is 75.6 Å². The Bertz CT molecular complexity index is 325. The van der Waals surface area contributed by atoms with E-state index >= 15 is 0 Å². The average Bonchev–Trinajstić information content (AvgIpc) is 2.07. The van der Waals surface area contributed by atoms with E-state index in [-0.39, 0.29) is 18.0 Å². The van der Waals surface area contributed by atoms with Crippen LogP contribution in [-0.2, 0) is 11.2 Å². The molecule has 1 rings (SSSR count). The van der Waals surface area contributed by atoms with E-state index in [0.29, 0.717) is 5.69 Å². The van der Waals surface area contributed by atoms with E-state index in [4.69, 9.17) is 4.74 Å². The Kier molecular flexibility index (Phi) is 2.95. The topological polar surface area (TPSA) is 39.2 Å². The Morgan fingerprint density at radius 2 is 2.38 bits per heavy atom. The zero-order chi connectivity index (χ0) is 9.84. The third-order valence-electron chi connectivity index (χ3n) is 1.53. The number of pyridine rings is 1. The molecule has 0 N–H and O–H groups in total. The molecule has 0 saturated carbocycles. The molecule has 3 nitrogen and oxygen atoms in total. The van der Waals surface area contributed by atoms with Gasteiger partial charge in [0, 0.05) is 12.5 Å². The summed E-state index contributed by atoms with van der Waals surface area (Å²) in [6.07, 6.45) is 1.26. The van der Waals surface area contributed by atoms with Crippen molar-refractivity contribution in [3.63, 3.8) is 0 Å². The highest BCUT2D eigenvalue weighted by Gasteiger charge is 2.05. The molecule has 0 spiro atoms. The third kappa shape index (κ3) is 2.50. The summed E-state index contributed by atoms with van der Waals surface area (Å²) in [5.74, 6) is -0.415. The van der Waals surface area contributed by atoms with E-state index in [9.17, 15) is 9.18 Å². The van der Waals surface area contributed by atoms with Gasteiger partial charge in [0.2, 0.25) is 0 Å². The molecular weight excluding hydrogens is 173 g/mol. The number of carbonyl (C=O) groups is 1. The number of nitrogens with zero attached hydrogens (tertiary/aromatic N) is 1. The molecular formula is C9H10FNO2. The maximum atomic E-state index is 12.8. The number of aromatic nitrogens is 1. The Balaban J connectivity index is 2.92. The van der Waals surface area contributed by atoms with Crippen molar-refractivity contribution < 1.29 is 13.9 Å². The van der Waals surface area contributed by atoms with Crippen molar-refractivity contribution in [2.75, 3.05) is 7.11 Å². The van der Waals surface area contributed by atoms with Gasteiger partial charge >= 0.3 is 0 Å². The first-order chi connectivity index (χ1) is 6.13. The number of methoxy groups -OCH3 is 1. The lowest BCUT2D eigenvalue weighted by Crippen LogP contribution is -2.00. The summed E-state index contributed by atoms with van der Waals surface area (Å²) in [7, 11) is 1.37. The number of rotatable bonds is 3. The number of halogens is 1. The molecule has 0 aromatic carbocycles. The number of ether oxygens (including phenoxy) is 1. The summed E-state index contributed by atoms with van der Waals surface area (Å²) in [6.45, 7) is 1.46. The summed E-state index contributed by atoms with van der Waals surface area (Å²) in [5.41, 5.74) is 0.519. The second-order valence-corrected chi connectivity index (χ2v) is 2.69. The van der Waals surface area contributed by atoms with Crippen LogP contribution in [-0.4, -0.2) is 17.9 Å². The smallest absolute Gasteiger partial charge is 0.183 e. The molecule has 13 heavy (non-hydrogen) atoms. The van der Waals surface area contributed by atoms with Crippen LogP contribution in [0, 0.1) is 5.82 Å². The molecule has 0 radical (unpaired) electrons. The van der Waals surface area contributed by atoms with Gasteiger partial charge in [-0.1, -0.05) is 0 Å². The molecule has 0 amide bonds. The minimum absolute atomic E-state index is 0.0128. The standard InChI is InChI=1S/C9H10FNO2/c1-6(12)3-7-4-9(13-2)8(10)5-11-7/h4-5H,3H2,1-2H3. The van der Waals surface area contributed by atoms with Crippen molar-refractivity contribution in [1.29, 1.82) is 0 Å². The van der Waals surface area contributed by atoms with Crippen molar-refractivity contribution in [2.45, 2.75) is 13.3 Å². The SMILES string of the molecule is COc1cc(CC(C)=O)ncc1F. The molecule has 0 saturated heterocycles. The van der Waals surface area contributed by atoms with Gasteiger partial charge in [-0.2, -0.15) is 0 Å². The number of hydrogen-bond acceptors (Lipinski definition) is 3. The highest BCUT2D eigenvalue weighted by molar-refractivity contribution is 5.77. The van der Waals surface area contributed by atoms with Crippen LogP contribution < -0.4 is 4.74 Å². The fourth-order valence-corrected chi connectivity index (χ4v) is 0.969. The molecule has 0 bridgehead atoms. The van der Waals surface area contributed by atoms with E-state index in [1.54, 1.807) is 0 Å². The Morgan fingerprint density at radius 3 is 2.92 bits per heavy atom. The molecule has 0 aliphatic carbocycles. The van der Waals surface area contributed by atoms with Gasteiger partial charge < -0.3 is 4.74 Å². The molecule has 0 aliphatic rings. The zero-order valence-corrected chi connectivity index (χ0v) is 7.50.